The molecule has 0 fully saturated rings. The van der Waals surface area contributed by atoms with Crippen LogP contribution in [0.5, 0.6) is 0 Å². The molecule has 0 aliphatic carbocycles. The predicted molar refractivity (Wildman–Crippen MR) is 114 cm³/mol. The van der Waals surface area contributed by atoms with Gasteiger partial charge in [0.05, 0.1) is 12.7 Å². The smallest absolute Gasteiger partial charge is 0.337 e. The van der Waals surface area contributed by atoms with Gasteiger partial charge in [0.25, 0.3) is 0 Å². The van der Waals surface area contributed by atoms with E-state index in [1.807, 2.05) is 17.8 Å². The van der Waals surface area contributed by atoms with E-state index >= 15 is 0 Å². The molecule has 2 rings (SSSR count). The van der Waals surface area contributed by atoms with E-state index in [1.54, 1.807) is 18.2 Å². The summed E-state index contributed by atoms with van der Waals surface area (Å²) in [6.07, 6.45) is 1.03. The van der Waals surface area contributed by atoms with Gasteiger partial charge in [-0.15, -0.1) is 0 Å². The van der Waals surface area contributed by atoms with Crippen molar-refractivity contribution >= 4 is 40.7 Å². The second kappa shape index (κ2) is 10.8. The first-order valence-corrected chi connectivity index (χ1v) is 10.0. The first-order chi connectivity index (χ1) is 12.6. The van der Waals surface area contributed by atoms with Crippen molar-refractivity contribution in [1.82, 2.24) is 5.32 Å². The molecule has 2 aromatic carbocycles. The summed E-state index contributed by atoms with van der Waals surface area (Å²) in [5.41, 5.74) is 3.93. The van der Waals surface area contributed by atoms with Crippen molar-refractivity contribution in [3.05, 3.63) is 65.2 Å². The molecule has 26 heavy (non-hydrogen) atoms. The number of nitrogens with one attached hydrogen (secondary N) is 2. The number of hydrogen-bond donors (Lipinski definition) is 2. The fourth-order valence-electron chi connectivity index (χ4n) is 2.39. The third-order valence-corrected chi connectivity index (χ3v) is 5.00. The van der Waals surface area contributed by atoms with Crippen LogP contribution < -0.4 is 10.6 Å². The summed E-state index contributed by atoms with van der Waals surface area (Å²) in [5.74, 6) is 1.74. The predicted octanol–water partition coefficient (Wildman–Crippen LogP) is 4.39. The van der Waals surface area contributed by atoms with Crippen LogP contribution in [0.2, 0.25) is 0 Å². The Bertz CT molecular complexity index is 750. The Kier molecular flexibility index (Phi) is 8.44. The van der Waals surface area contributed by atoms with Crippen molar-refractivity contribution in [1.29, 1.82) is 0 Å². The second-order valence-corrected chi connectivity index (χ2v) is 7.36. The molecule has 6 heteroatoms. The third kappa shape index (κ3) is 7.06. The summed E-state index contributed by atoms with van der Waals surface area (Å²) < 4.78 is 4.72. The van der Waals surface area contributed by atoms with Crippen molar-refractivity contribution in [2.45, 2.75) is 19.1 Å². The Morgan fingerprint density at radius 2 is 2.00 bits per heavy atom. The number of rotatable bonds is 8. The molecule has 0 bridgehead atoms. The topological polar surface area (TPSA) is 50.4 Å². The maximum Gasteiger partial charge on any atom is 0.337 e. The van der Waals surface area contributed by atoms with E-state index in [2.05, 4.69) is 41.8 Å². The Balaban J connectivity index is 1.64. The number of anilines is 1. The van der Waals surface area contributed by atoms with Gasteiger partial charge in [-0.25, -0.2) is 4.79 Å². The number of ether oxygens (including phenoxy) is 1. The largest absolute Gasteiger partial charge is 0.465 e. The lowest BCUT2D eigenvalue weighted by Gasteiger charge is -2.11. The fraction of sp³-hybridized carbons (Fsp3) is 0.300. The maximum absolute atomic E-state index is 11.5. The molecule has 0 amide bonds. The molecule has 0 aromatic heterocycles. The van der Waals surface area contributed by atoms with Gasteiger partial charge in [0.1, 0.15) is 0 Å². The van der Waals surface area contributed by atoms with Gasteiger partial charge in [-0.3, -0.25) is 0 Å². The average Bonchev–Trinajstić information content (AvgIpc) is 2.64. The number of hydrogen-bond acceptors (Lipinski definition) is 4. The monoisotopic (exact) mass is 388 g/mol. The van der Waals surface area contributed by atoms with Crippen LogP contribution in [0.4, 0.5) is 5.69 Å². The van der Waals surface area contributed by atoms with Crippen molar-refractivity contribution in [3.63, 3.8) is 0 Å². The molecular weight excluding hydrogens is 364 g/mol. The van der Waals surface area contributed by atoms with Crippen molar-refractivity contribution in [2.24, 2.45) is 0 Å². The molecule has 0 saturated heterocycles. The van der Waals surface area contributed by atoms with Crippen LogP contribution in [-0.2, 0) is 10.5 Å². The van der Waals surface area contributed by atoms with Gasteiger partial charge >= 0.3 is 5.97 Å². The lowest BCUT2D eigenvalue weighted by molar-refractivity contribution is 0.0601. The minimum Gasteiger partial charge on any atom is -0.465 e. The standard InChI is InChI=1S/C20H24N2O2S2/c1-15-6-3-7-16(12-15)14-26-11-5-10-21-20(25)22-18-9-4-8-17(13-18)19(23)24-2/h3-4,6-9,12-13H,5,10-11,14H2,1-2H3,(H2,21,22,25). The molecule has 138 valence electrons. The van der Waals surface area contributed by atoms with E-state index in [0.717, 1.165) is 30.2 Å². The van der Waals surface area contributed by atoms with E-state index in [-0.39, 0.29) is 5.97 Å². The zero-order chi connectivity index (χ0) is 18.8. The second-order valence-electron chi connectivity index (χ2n) is 5.85. The number of aryl methyl sites for hydroxylation is 1. The van der Waals surface area contributed by atoms with E-state index in [4.69, 9.17) is 17.0 Å². The quantitative estimate of drug-likeness (QED) is 0.397. The maximum atomic E-state index is 11.5. The highest BCUT2D eigenvalue weighted by Crippen LogP contribution is 2.14. The normalized spacial score (nSPS) is 10.2. The number of carbonyl (C=O) groups is 1. The van der Waals surface area contributed by atoms with Crippen LogP contribution >= 0.6 is 24.0 Å². The SMILES string of the molecule is COC(=O)c1cccc(NC(=S)NCCCSCc2cccc(C)c2)c1. The Morgan fingerprint density at radius 3 is 2.77 bits per heavy atom. The molecule has 0 atom stereocenters. The Hall–Kier alpha value is -2.05. The summed E-state index contributed by atoms with van der Waals surface area (Å²) >= 11 is 7.22. The highest BCUT2D eigenvalue weighted by atomic mass is 32.2. The average molecular weight is 389 g/mol. The van der Waals surface area contributed by atoms with Crippen molar-refractivity contribution in [3.8, 4) is 0 Å². The number of methoxy groups -OCH3 is 1. The number of esters is 1. The van der Waals surface area contributed by atoms with E-state index in [9.17, 15) is 4.79 Å². The lowest BCUT2D eigenvalue weighted by Crippen LogP contribution is -2.29. The molecule has 2 N–H and O–H groups in total. The van der Waals surface area contributed by atoms with Gasteiger partial charge in [-0.05, 0) is 55.1 Å². The molecular formula is C20H24N2O2S2. The Morgan fingerprint density at radius 1 is 1.19 bits per heavy atom. The molecule has 0 heterocycles. The summed E-state index contributed by atoms with van der Waals surface area (Å²) in [4.78, 5) is 11.5. The van der Waals surface area contributed by atoms with E-state index in [0.29, 0.717) is 10.7 Å². The molecule has 0 saturated carbocycles. The highest BCUT2D eigenvalue weighted by Gasteiger charge is 2.06. The summed E-state index contributed by atoms with van der Waals surface area (Å²) in [7, 11) is 1.37. The van der Waals surface area contributed by atoms with Gasteiger partial charge < -0.3 is 15.4 Å². The van der Waals surface area contributed by atoms with Crippen LogP contribution in [0.25, 0.3) is 0 Å². The molecule has 0 aliphatic rings. The molecule has 0 unspecified atom stereocenters. The molecule has 2 aromatic rings. The minimum atomic E-state index is -0.363. The molecule has 0 spiro atoms. The lowest BCUT2D eigenvalue weighted by atomic mass is 10.2. The number of benzene rings is 2. The summed E-state index contributed by atoms with van der Waals surface area (Å²) in [5, 5.41) is 6.83. The van der Waals surface area contributed by atoms with Crippen LogP contribution in [0.15, 0.2) is 48.5 Å². The highest BCUT2D eigenvalue weighted by molar-refractivity contribution is 7.98. The van der Waals surface area contributed by atoms with Crippen molar-refractivity contribution in [2.75, 3.05) is 24.7 Å². The van der Waals surface area contributed by atoms with Crippen LogP contribution in [0.1, 0.15) is 27.9 Å². The van der Waals surface area contributed by atoms with E-state index < -0.39 is 0 Å². The number of thioether (sulfide) groups is 1. The third-order valence-electron chi connectivity index (χ3n) is 3.64. The van der Waals surface area contributed by atoms with Crippen molar-refractivity contribution < 1.29 is 9.53 Å². The van der Waals surface area contributed by atoms with Gasteiger partial charge in [-0.1, -0.05) is 35.9 Å². The van der Waals surface area contributed by atoms with Crippen LogP contribution in [-0.4, -0.2) is 30.5 Å². The Labute approximate surface area is 164 Å². The van der Waals surface area contributed by atoms with Gasteiger partial charge in [0, 0.05) is 18.0 Å². The number of thiocarbonyl (C=S) groups is 1. The van der Waals surface area contributed by atoms with Gasteiger partial charge in [0.15, 0.2) is 5.11 Å². The first-order valence-electron chi connectivity index (χ1n) is 8.45. The van der Waals surface area contributed by atoms with Gasteiger partial charge in [-0.2, -0.15) is 11.8 Å². The molecule has 0 aliphatic heterocycles. The van der Waals surface area contributed by atoms with E-state index in [1.165, 1.54) is 18.2 Å². The fourth-order valence-corrected chi connectivity index (χ4v) is 3.51. The summed E-state index contributed by atoms with van der Waals surface area (Å²) in [6, 6.07) is 15.7. The summed E-state index contributed by atoms with van der Waals surface area (Å²) in [6.45, 7) is 2.93. The first kappa shape index (κ1) is 20.3. The molecule has 4 nitrogen and oxygen atoms in total. The zero-order valence-corrected chi connectivity index (χ0v) is 16.7. The molecule has 0 radical (unpaired) electrons. The van der Waals surface area contributed by atoms with Crippen LogP contribution in [0.3, 0.4) is 0 Å². The minimum absolute atomic E-state index is 0.363. The zero-order valence-electron chi connectivity index (χ0n) is 15.1. The number of carbonyl (C=O) groups excluding carboxylic acids is 1. The van der Waals surface area contributed by atoms with Crippen LogP contribution in [0, 0.1) is 6.92 Å². The van der Waals surface area contributed by atoms with Gasteiger partial charge in [0.2, 0.25) is 0 Å².